The van der Waals surface area contributed by atoms with Crippen molar-refractivity contribution in [2.24, 2.45) is 0 Å². The topological polar surface area (TPSA) is 95.9 Å². The number of nitrogens with zero attached hydrogens (tertiary/aromatic N) is 1. The van der Waals surface area contributed by atoms with Crippen molar-refractivity contribution in [3.8, 4) is 11.5 Å². The third-order valence-electron chi connectivity index (χ3n) is 5.25. The minimum absolute atomic E-state index is 0.0535. The van der Waals surface area contributed by atoms with Crippen molar-refractivity contribution in [3.05, 3.63) is 65.7 Å². The third kappa shape index (κ3) is 3.96. The SMILES string of the molecule is COc1ccc(CCc2ccc3cc(O)c(N4CC(C=O)NS4(=O)=O)cc3c2)cc1. The number of benzene rings is 3. The maximum absolute atomic E-state index is 12.3. The van der Waals surface area contributed by atoms with Crippen molar-refractivity contribution in [1.82, 2.24) is 4.72 Å². The van der Waals surface area contributed by atoms with Crippen LogP contribution >= 0.6 is 0 Å². The van der Waals surface area contributed by atoms with Crippen molar-refractivity contribution < 1.29 is 23.1 Å². The molecule has 0 saturated carbocycles. The van der Waals surface area contributed by atoms with Crippen molar-refractivity contribution in [2.75, 3.05) is 18.0 Å². The van der Waals surface area contributed by atoms with Gasteiger partial charge in [-0.3, -0.25) is 4.31 Å². The molecule has 1 aliphatic rings. The van der Waals surface area contributed by atoms with Crippen LogP contribution in [0.5, 0.6) is 11.5 Å². The van der Waals surface area contributed by atoms with E-state index in [1.807, 2.05) is 42.5 Å². The van der Waals surface area contributed by atoms with Crippen molar-refractivity contribution in [1.29, 1.82) is 0 Å². The summed E-state index contributed by atoms with van der Waals surface area (Å²) in [5, 5.41) is 12.0. The molecule has 2 N–H and O–H groups in total. The van der Waals surface area contributed by atoms with Gasteiger partial charge in [0, 0.05) is 0 Å². The number of phenols is 1. The summed E-state index contributed by atoms with van der Waals surface area (Å²) in [5.74, 6) is 0.672. The van der Waals surface area contributed by atoms with E-state index in [0.717, 1.165) is 39.2 Å². The Morgan fingerprint density at radius 1 is 1.07 bits per heavy atom. The maximum atomic E-state index is 12.3. The molecule has 0 aromatic heterocycles. The molecule has 7 nitrogen and oxygen atoms in total. The molecule has 4 rings (SSSR count). The first-order valence-electron chi connectivity index (χ1n) is 9.53. The zero-order valence-electron chi connectivity index (χ0n) is 16.4. The Bertz CT molecular complexity index is 1190. The van der Waals surface area contributed by atoms with Gasteiger partial charge >= 0.3 is 10.2 Å². The molecule has 30 heavy (non-hydrogen) atoms. The predicted octanol–water partition coefficient (Wildman–Crippen LogP) is 2.56. The fraction of sp³-hybridized carbons (Fsp3) is 0.227. The molecule has 0 radical (unpaired) electrons. The van der Waals surface area contributed by atoms with Crippen LogP contribution in [0, 0.1) is 0 Å². The van der Waals surface area contributed by atoms with Gasteiger partial charge in [0.05, 0.1) is 25.4 Å². The Balaban J connectivity index is 1.60. The summed E-state index contributed by atoms with van der Waals surface area (Å²) in [6.45, 7) is -0.0535. The fourth-order valence-corrected chi connectivity index (χ4v) is 5.03. The molecule has 0 aliphatic carbocycles. The van der Waals surface area contributed by atoms with Crippen LogP contribution in [0.3, 0.4) is 0 Å². The number of phenolic OH excluding ortho intramolecular Hbond substituents is 1. The second kappa shape index (κ2) is 7.97. The van der Waals surface area contributed by atoms with E-state index in [9.17, 15) is 18.3 Å². The number of aromatic hydroxyl groups is 1. The smallest absolute Gasteiger partial charge is 0.302 e. The van der Waals surface area contributed by atoms with Gasteiger partial charge in [0.25, 0.3) is 0 Å². The Morgan fingerprint density at radius 2 is 1.77 bits per heavy atom. The van der Waals surface area contributed by atoms with E-state index in [2.05, 4.69) is 4.72 Å². The molecule has 1 aliphatic heterocycles. The standard InChI is InChI=1S/C22H22N2O5S/c1-29-20-8-5-15(6-9-20)2-3-16-4-7-17-12-22(26)21(11-18(17)10-16)24-13-19(14-25)23-30(24,27)28/h4-12,14,19,23,26H,2-3,13H2,1H3. The molecule has 1 atom stereocenters. The molecule has 1 fully saturated rings. The van der Waals surface area contributed by atoms with Crippen LogP contribution in [0.4, 0.5) is 5.69 Å². The zero-order valence-corrected chi connectivity index (χ0v) is 17.2. The normalized spacial score (nSPS) is 17.9. The monoisotopic (exact) mass is 426 g/mol. The molecule has 8 heteroatoms. The first kappa shape index (κ1) is 20.2. The number of aryl methyl sites for hydroxylation is 2. The lowest BCUT2D eigenvalue weighted by molar-refractivity contribution is -0.108. The van der Waals surface area contributed by atoms with E-state index in [-0.39, 0.29) is 18.0 Å². The number of carbonyl (C=O) groups is 1. The number of hydrogen-bond donors (Lipinski definition) is 2. The highest BCUT2D eigenvalue weighted by molar-refractivity contribution is 7.91. The number of nitrogens with one attached hydrogen (secondary N) is 1. The van der Waals surface area contributed by atoms with E-state index < -0.39 is 16.3 Å². The van der Waals surface area contributed by atoms with Gasteiger partial charge in [-0.2, -0.15) is 13.1 Å². The summed E-state index contributed by atoms with van der Waals surface area (Å²) in [6.07, 6.45) is 2.22. The zero-order chi connectivity index (χ0) is 21.3. The average Bonchev–Trinajstić information content (AvgIpc) is 3.06. The quantitative estimate of drug-likeness (QED) is 0.591. The number of ether oxygens (including phenoxy) is 1. The third-order valence-corrected chi connectivity index (χ3v) is 6.77. The van der Waals surface area contributed by atoms with Crippen molar-refractivity contribution in [3.63, 3.8) is 0 Å². The Morgan fingerprint density at radius 3 is 2.43 bits per heavy atom. The van der Waals surface area contributed by atoms with Gasteiger partial charge in [-0.15, -0.1) is 0 Å². The molecule has 1 heterocycles. The van der Waals surface area contributed by atoms with Gasteiger partial charge in [0.2, 0.25) is 0 Å². The Labute approximate surface area is 175 Å². The number of rotatable bonds is 6. The lowest BCUT2D eigenvalue weighted by Crippen LogP contribution is -2.30. The lowest BCUT2D eigenvalue weighted by Gasteiger charge is -2.18. The predicted molar refractivity (Wildman–Crippen MR) is 115 cm³/mol. The van der Waals surface area contributed by atoms with Gasteiger partial charge in [0.15, 0.2) is 0 Å². The van der Waals surface area contributed by atoms with E-state index in [0.29, 0.717) is 6.29 Å². The molecule has 0 spiro atoms. The number of hydrogen-bond acceptors (Lipinski definition) is 5. The Kier molecular flexibility index (Phi) is 5.36. The summed E-state index contributed by atoms with van der Waals surface area (Å²) < 4.78 is 33.1. The first-order valence-corrected chi connectivity index (χ1v) is 11.0. The van der Waals surface area contributed by atoms with Crippen LogP contribution in [-0.4, -0.2) is 39.5 Å². The molecule has 0 bridgehead atoms. The average molecular weight is 426 g/mol. The summed E-state index contributed by atoms with van der Waals surface area (Å²) in [4.78, 5) is 11.0. The summed E-state index contributed by atoms with van der Waals surface area (Å²) in [6, 6.07) is 16.2. The van der Waals surface area contributed by atoms with Crippen LogP contribution in [0.2, 0.25) is 0 Å². The summed E-state index contributed by atoms with van der Waals surface area (Å²) >= 11 is 0. The van der Waals surface area contributed by atoms with Gasteiger partial charge < -0.3 is 14.6 Å². The highest BCUT2D eigenvalue weighted by Gasteiger charge is 2.36. The molecule has 3 aromatic carbocycles. The molecule has 156 valence electrons. The number of methoxy groups -OCH3 is 1. The second-order valence-corrected chi connectivity index (χ2v) is 8.89. The molecule has 1 unspecified atom stereocenters. The van der Waals surface area contributed by atoms with Gasteiger partial charge in [-0.05, 0) is 59.0 Å². The molecule has 0 amide bonds. The van der Waals surface area contributed by atoms with E-state index >= 15 is 0 Å². The van der Waals surface area contributed by atoms with E-state index in [4.69, 9.17) is 4.74 Å². The number of carbonyl (C=O) groups excluding carboxylic acids is 1. The lowest BCUT2D eigenvalue weighted by atomic mass is 10.0. The number of aldehydes is 1. The van der Waals surface area contributed by atoms with Crippen LogP contribution in [-0.2, 0) is 27.8 Å². The highest BCUT2D eigenvalue weighted by Crippen LogP contribution is 2.35. The largest absolute Gasteiger partial charge is 0.506 e. The Hall–Kier alpha value is -3.10. The molecule has 3 aromatic rings. The van der Waals surface area contributed by atoms with Gasteiger partial charge in [0.1, 0.15) is 17.8 Å². The molecular weight excluding hydrogens is 404 g/mol. The van der Waals surface area contributed by atoms with Crippen LogP contribution in [0.1, 0.15) is 11.1 Å². The maximum Gasteiger partial charge on any atom is 0.302 e. The van der Waals surface area contributed by atoms with Gasteiger partial charge in [-0.25, -0.2) is 0 Å². The van der Waals surface area contributed by atoms with Gasteiger partial charge in [-0.1, -0.05) is 30.3 Å². The highest BCUT2D eigenvalue weighted by atomic mass is 32.2. The minimum Gasteiger partial charge on any atom is -0.506 e. The fourth-order valence-electron chi connectivity index (χ4n) is 3.63. The molecule has 1 saturated heterocycles. The minimum atomic E-state index is -3.87. The first-order chi connectivity index (χ1) is 14.4. The number of fused-ring (bicyclic) bond motifs is 1. The summed E-state index contributed by atoms with van der Waals surface area (Å²) in [7, 11) is -2.24. The van der Waals surface area contributed by atoms with E-state index in [1.54, 1.807) is 19.2 Å². The van der Waals surface area contributed by atoms with Crippen LogP contribution < -0.4 is 13.8 Å². The van der Waals surface area contributed by atoms with E-state index in [1.165, 1.54) is 5.56 Å². The van der Waals surface area contributed by atoms with Crippen molar-refractivity contribution in [2.45, 2.75) is 18.9 Å². The summed E-state index contributed by atoms with van der Waals surface area (Å²) in [5.41, 5.74) is 2.45. The number of anilines is 1. The molecular formula is C22H22N2O5S. The van der Waals surface area contributed by atoms with Crippen LogP contribution in [0.15, 0.2) is 54.6 Å². The van der Waals surface area contributed by atoms with Crippen molar-refractivity contribution >= 4 is 33.0 Å². The van der Waals surface area contributed by atoms with Crippen LogP contribution in [0.25, 0.3) is 10.8 Å². The second-order valence-electron chi connectivity index (χ2n) is 7.27.